The molecule has 0 heterocycles. The molecule has 0 aliphatic rings. The zero-order valence-corrected chi connectivity index (χ0v) is 11.4. The van der Waals surface area contributed by atoms with Crippen LogP contribution in [0.4, 0.5) is 0 Å². The van der Waals surface area contributed by atoms with Crippen LogP contribution in [0.25, 0.3) is 0 Å². The van der Waals surface area contributed by atoms with Gasteiger partial charge in [0.2, 0.25) is 0 Å². The summed E-state index contributed by atoms with van der Waals surface area (Å²) < 4.78 is 0. The van der Waals surface area contributed by atoms with Crippen molar-refractivity contribution in [2.75, 3.05) is 0 Å². The molecule has 0 aliphatic carbocycles. The molecule has 15 heavy (non-hydrogen) atoms. The minimum absolute atomic E-state index is 0. The average molecular weight is 261 g/mol. The predicted octanol–water partition coefficient (Wildman–Crippen LogP) is 5.52. The van der Waals surface area contributed by atoms with Gasteiger partial charge in [0.05, 0.1) is 0 Å². The van der Waals surface area contributed by atoms with E-state index in [0.717, 1.165) is 6.42 Å². The third-order valence-corrected chi connectivity index (χ3v) is 2.85. The van der Waals surface area contributed by atoms with Gasteiger partial charge in [0.15, 0.2) is 0 Å². The first-order chi connectivity index (χ1) is 6.91. The van der Waals surface area contributed by atoms with Crippen LogP contribution in [-0.4, -0.2) is 0 Å². The standard InChI is InChI=1S/C14H29.Cu/c1-3-5-7-9-11-13-14-12-10-8-6-4-2;/h1,3-14H2,2H3;/q-1;+1. The maximum absolute atomic E-state index is 3.86. The number of rotatable bonds is 11. The first kappa shape index (κ1) is 17.9. The molecule has 0 amide bonds. The Morgan fingerprint density at radius 1 is 0.600 bits per heavy atom. The van der Waals surface area contributed by atoms with E-state index in [4.69, 9.17) is 0 Å². The van der Waals surface area contributed by atoms with Crippen LogP contribution in [0.15, 0.2) is 0 Å². The molecule has 0 aromatic rings. The monoisotopic (exact) mass is 260 g/mol. The van der Waals surface area contributed by atoms with Crippen LogP contribution < -0.4 is 0 Å². The zero-order chi connectivity index (χ0) is 10.5. The van der Waals surface area contributed by atoms with Crippen LogP contribution in [0.2, 0.25) is 0 Å². The Kier molecular flexibility index (Phi) is 20.2. The van der Waals surface area contributed by atoms with Gasteiger partial charge in [-0.25, -0.2) is 0 Å². The fourth-order valence-electron chi connectivity index (χ4n) is 1.84. The summed E-state index contributed by atoms with van der Waals surface area (Å²) in [5, 5.41) is 0. The maximum atomic E-state index is 3.86. The van der Waals surface area contributed by atoms with Crippen molar-refractivity contribution in [3.8, 4) is 0 Å². The molecular formula is C14H29Cu. The van der Waals surface area contributed by atoms with E-state index in [1.54, 1.807) is 0 Å². The van der Waals surface area contributed by atoms with Gasteiger partial charge in [0, 0.05) is 0 Å². The summed E-state index contributed by atoms with van der Waals surface area (Å²) in [7, 11) is 0. The molecule has 0 bridgehead atoms. The first-order valence-corrected chi connectivity index (χ1v) is 6.71. The number of hydrogen-bond donors (Lipinski definition) is 0. The second-order valence-corrected chi connectivity index (χ2v) is 4.39. The molecule has 0 radical (unpaired) electrons. The van der Waals surface area contributed by atoms with Crippen LogP contribution in [-0.2, 0) is 17.1 Å². The molecule has 0 aliphatic heterocycles. The van der Waals surface area contributed by atoms with Gasteiger partial charge in [-0.1, -0.05) is 77.6 Å². The van der Waals surface area contributed by atoms with Gasteiger partial charge in [-0.15, -0.1) is 0 Å². The van der Waals surface area contributed by atoms with Crippen molar-refractivity contribution < 1.29 is 17.1 Å². The third kappa shape index (κ3) is 17.1. The van der Waals surface area contributed by atoms with E-state index < -0.39 is 0 Å². The third-order valence-electron chi connectivity index (χ3n) is 2.85. The molecule has 0 aromatic carbocycles. The fourth-order valence-corrected chi connectivity index (χ4v) is 1.84. The van der Waals surface area contributed by atoms with E-state index in [2.05, 4.69) is 13.8 Å². The van der Waals surface area contributed by atoms with Gasteiger partial charge in [0.25, 0.3) is 0 Å². The SMILES string of the molecule is [CH2-]CCCCCCCCCCCCC.[Cu+]. The predicted molar refractivity (Wildman–Crippen MR) is 66.4 cm³/mol. The molecule has 0 N–H and O–H groups in total. The molecule has 0 aromatic heterocycles. The summed E-state index contributed by atoms with van der Waals surface area (Å²) in [5.41, 5.74) is 0. The molecule has 0 nitrogen and oxygen atoms in total. The summed E-state index contributed by atoms with van der Waals surface area (Å²) in [5.74, 6) is 0. The van der Waals surface area contributed by atoms with E-state index in [0.29, 0.717) is 0 Å². The Morgan fingerprint density at radius 2 is 0.933 bits per heavy atom. The Bertz CT molecular complexity index is 79.3. The quantitative estimate of drug-likeness (QED) is 0.261. The second-order valence-electron chi connectivity index (χ2n) is 4.39. The summed E-state index contributed by atoms with van der Waals surface area (Å²) in [6.45, 7) is 6.14. The van der Waals surface area contributed by atoms with E-state index >= 15 is 0 Å². The number of unbranched alkanes of at least 4 members (excludes halogenated alkanes) is 11. The summed E-state index contributed by atoms with van der Waals surface area (Å²) >= 11 is 0. The number of hydrogen-bond acceptors (Lipinski definition) is 0. The summed E-state index contributed by atoms with van der Waals surface area (Å²) in [6, 6.07) is 0. The van der Waals surface area contributed by atoms with Crippen molar-refractivity contribution in [2.45, 2.75) is 84.0 Å². The Hall–Kier alpha value is 0.519. The minimum Gasteiger partial charge on any atom is -0.343 e. The van der Waals surface area contributed by atoms with Gasteiger partial charge >= 0.3 is 17.1 Å². The van der Waals surface area contributed by atoms with Crippen molar-refractivity contribution >= 4 is 0 Å². The normalized spacial score (nSPS) is 10.0. The Morgan fingerprint density at radius 3 is 1.27 bits per heavy atom. The molecule has 96 valence electrons. The van der Waals surface area contributed by atoms with Crippen molar-refractivity contribution in [1.82, 2.24) is 0 Å². The average Bonchev–Trinajstić information content (AvgIpc) is 2.21. The summed E-state index contributed by atoms with van der Waals surface area (Å²) in [6.07, 6.45) is 16.9. The largest absolute Gasteiger partial charge is 1.00 e. The molecule has 0 rings (SSSR count). The Labute approximate surface area is 108 Å². The maximum Gasteiger partial charge on any atom is 1.00 e. The smallest absolute Gasteiger partial charge is 0.343 e. The Balaban J connectivity index is 0. The van der Waals surface area contributed by atoms with Gasteiger partial charge in [-0.05, 0) is 0 Å². The zero-order valence-electron chi connectivity index (χ0n) is 10.5. The van der Waals surface area contributed by atoms with Crippen molar-refractivity contribution in [3.05, 3.63) is 6.92 Å². The van der Waals surface area contributed by atoms with E-state index in [-0.39, 0.29) is 17.1 Å². The van der Waals surface area contributed by atoms with E-state index in [1.807, 2.05) is 0 Å². The molecular weight excluding hydrogens is 232 g/mol. The van der Waals surface area contributed by atoms with Crippen molar-refractivity contribution in [2.24, 2.45) is 0 Å². The van der Waals surface area contributed by atoms with Crippen LogP contribution in [0.5, 0.6) is 0 Å². The van der Waals surface area contributed by atoms with Crippen LogP contribution >= 0.6 is 0 Å². The second kappa shape index (κ2) is 16.9. The molecule has 1 heteroatoms. The first-order valence-electron chi connectivity index (χ1n) is 6.71. The van der Waals surface area contributed by atoms with Crippen molar-refractivity contribution in [1.29, 1.82) is 0 Å². The molecule has 0 unspecified atom stereocenters. The molecule has 0 spiro atoms. The van der Waals surface area contributed by atoms with Crippen molar-refractivity contribution in [3.63, 3.8) is 0 Å². The molecule has 0 saturated heterocycles. The topological polar surface area (TPSA) is 0 Å². The molecule has 0 fully saturated rings. The van der Waals surface area contributed by atoms with E-state index in [1.165, 1.54) is 70.6 Å². The molecule has 0 saturated carbocycles. The molecule has 0 atom stereocenters. The fraction of sp³-hybridized carbons (Fsp3) is 0.929. The van der Waals surface area contributed by atoms with Gasteiger partial charge in [-0.3, -0.25) is 0 Å². The van der Waals surface area contributed by atoms with E-state index in [9.17, 15) is 0 Å². The van der Waals surface area contributed by atoms with Gasteiger partial charge < -0.3 is 6.92 Å². The minimum atomic E-state index is 0. The van der Waals surface area contributed by atoms with Gasteiger partial charge in [-0.2, -0.15) is 6.42 Å². The van der Waals surface area contributed by atoms with Gasteiger partial charge in [0.1, 0.15) is 0 Å². The summed E-state index contributed by atoms with van der Waals surface area (Å²) in [4.78, 5) is 0. The van der Waals surface area contributed by atoms with Crippen LogP contribution in [0, 0.1) is 6.92 Å². The van der Waals surface area contributed by atoms with Crippen LogP contribution in [0.1, 0.15) is 84.0 Å². The van der Waals surface area contributed by atoms with Crippen LogP contribution in [0.3, 0.4) is 0 Å².